The molecule has 1 amide bonds. The van der Waals surface area contributed by atoms with E-state index in [0.29, 0.717) is 30.2 Å². The molecule has 5 nitrogen and oxygen atoms in total. The van der Waals surface area contributed by atoms with E-state index in [1.54, 1.807) is 19.2 Å². The zero-order valence-electron chi connectivity index (χ0n) is 9.95. The number of benzene rings is 1. The molecule has 1 aliphatic heterocycles. The fraction of sp³-hybridized carbons (Fsp3) is 0.417. The van der Waals surface area contributed by atoms with Crippen LogP contribution in [0.5, 0.6) is 11.5 Å². The van der Waals surface area contributed by atoms with E-state index in [1.807, 2.05) is 6.92 Å². The van der Waals surface area contributed by atoms with E-state index in [9.17, 15) is 4.79 Å². The van der Waals surface area contributed by atoms with E-state index in [4.69, 9.17) is 15.2 Å². The number of anilines is 1. The number of amides is 1. The Morgan fingerprint density at radius 3 is 3.00 bits per heavy atom. The summed E-state index contributed by atoms with van der Waals surface area (Å²) in [5, 5.41) is 2.81. The number of nitrogens with one attached hydrogen (secondary N) is 1. The van der Waals surface area contributed by atoms with Gasteiger partial charge in [-0.15, -0.1) is 0 Å². The van der Waals surface area contributed by atoms with Crippen LogP contribution in [0.2, 0.25) is 0 Å². The number of hydrogen-bond donors (Lipinski definition) is 2. The quantitative estimate of drug-likeness (QED) is 0.753. The smallest absolute Gasteiger partial charge is 0.261 e. The van der Waals surface area contributed by atoms with Gasteiger partial charge in [-0.3, -0.25) is 4.79 Å². The molecule has 0 saturated carbocycles. The number of nitrogens with two attached hydrogens (primary N) is 1. The third-order valence-electron chi connectivity index (χ3n) is 2.75. The minimum atomic E-state index is -0.478. The Bertz CT molecular complexity index is 446. The van der Waals surface area contributed by atoms with Crippen molar-refractivity contribution in [1.29, 1.82) is 0 Å². The van der Waals surface area contributed by atoms with E-state index in [-0.39, 0.29) is 5.91 Å². The summed E-state index contributed by atoms with van der Waals surface area (Å²) >= 11 is 0. The Hall–Kier alpha value is -1.91. The second kappa shape index (κ2) is 4.53. The molecule has 0 spiro atoms. The first-order chi connectivity index (χ1) is 8.15. The van der Waals surface area contributed by atoms with Crippen LogP contribution in [0, 0.1) is 0 Å². The average Bonchev–Trinajstić information content (AvgIpc) is 2.48. The number of nitrogen functional groups attached to an aromatic ring is 1. The molecular weight excluding hydrogens is 220 g/mol. The zero-order chi connectivity index (χ0) is 12.4. The number of ether oxygens (including phenoxy) is 2. The zero-order valence-corrected chi connectivity index (χ0v) is 9.95. The lowest BCUT2D eigenvalue weighted by Gasteiger charge is -2.16. The van der Waals surface area contributed by atoms with Gasteiger partial charge in [-0.2, -0.15) is 0 Å². The number of carbonyl (C=O) groups is 1. The Kier molecular flexibility index (Phi) is 3.08. The van der Waals surface area contributed by atoms with Crippen molar-refractivity contribution in [2.24, 2.45) is 0 Å². The second-order valence-electron chi connectivity index (χ2n) is 3.94. The Morgan fingerprint density at radius 1 is 1.59 bits per heavy atom. The highest BCUT2D eigenvalue weighted by Crippen LogP contribution is 2.36. The molecule has 0 fully saturated rings. The topological polar surface area (TPSA) is 73.6 Å². The second-order valence-corrected chi connectivity index (χ2v) is 3.94. The lowest BCUT2D eigenvalue weighted by molar-refractivity contribution is -0.127. The molecule has 1 heterocycles. The first kappa shape index (κ1) is 11.6. The first-order valence-corrected chi connectivity index (χ1v) is 5.56. The molecule has 3 N–H and O–H groups in total. The van der Waals surface area contributed by atoms with E-state index in [2.05, 4.69) is 5.32 Å². The van der Waals surface area contributed by atoms with Crippen molar-refractivity contribution < 1.29 is 14.3 Å². The molecule has 1 aliphatic rings. The maximum Gasteiger partial charge on any atom is 0.261 e. The van der Waals surface area contributed by atoms with Crippen LogP contribution in [0.4, 0.5) is 5.69 Å². The summed E-state index contributed by atoms with van der Waals surface area (Å²) in [5.74, 6) is 1.06. The number of fused-ring (bicyclic) bond motifs is 1. The van der Waals surface area contributed by atoms with Crippen LogP contribution in [0.3, 0.4) is 0 Å². The lowest BCUT2D eigenvalue weighted by Crippen LogP contribution is -2.35. The summed E-state index contributed by atoms with van der Waals surface area (Å²) in [7, 11) is 1.56. The normalized spacial score (nSPS) is 18.7. The van der Waals surface area contributed by atoms with Gasteiger partial charge in [-0.05, 0) is 12.5 Å². The van der Waals surface area contributed by atoms with Gasteiger partial charge >= 0.3 is 0 Å². The maximum atomic E-state index is 11.7. The van der Waals surface area contributed by atoms with Crippen molar-refractivity contribution in [1.82, 2.24) is 5.32 Å². The molecule has 1 aromatic rings. The number of rotatable bonds is 2. The van der Waals surface area contributed by atoms with Gasteiger partial charge in [0.15, 0.2) is 17.6 Å². The van der Waals surface area contributed by atoms with Crippen molar-refractivity contribution in [2.75, 3.05) is 12.8 Å². The molecule has 1 aromatic carbocycles. The fourth-order valence-electron chi connectivity index (χ4n) is 1.86. The molecule has 92 valence electrons. The number of carbonyl (C=O) groups excluding carboxylic acids is 1. The van der Waals surface area contributed by atoms with E-state index in [1.165, 1.54) is 0 Å². The van der Waals surface area contributed by atoms with Crippen molar-refractivity contribution in [3.63, 3.8) is 0 Å². The van der Waals surface area contributed by atoms with Crippen molar-refractivity contribution in [3.8, 4) is 11.5 Å². The molecular formula is C12H16N2O3. The molecule has 0 saturated heterocycles. The number of methoxy groups -OCH3 is 1. The largest absolute Gasteiger partial charge is 0.493 e. The average molecular weight is 236 g/mol. The third kappa shape index (κ3) is 2.13. The SMILES string of the molecule is CCC1Oc2c(cc(N)cc2OC)CNC1=O. The van der Waals surface area contributed by atoms with Crippen LogP contribution >= 0.6 is 0 Å². The van der Waals surface area contributed by atoms with Crippen molar-refractivity contribution in [2.45, 2.75) is 26.0 Å². The molecule has 17 heavy (non-hydrogen) atoms. The van der Waals surface area contributed by atoms with Crippen molar-refractivity contribution in [3.05, 3.63) is 17.7 Å². The number of hydrogen-bond acceptors (Lipinski definition) is 4. The summed E-state index contributed by atoms with van der Waals surface area (Å²) in [6.45, 7) is 2.31. The standard InChI is InChI=1S/C12H16N2O3/c1-3-9-12(15)14-6-7-4-8(13)5-10(16-2)11(7)17-9/h4-5,9H,3,6,13H2,1-2H3,(H,14,15). The molecule has 0 radical (unpaired) electrons. The highest BCUT2D eigenvalue weighted by Gasteiger charge is 2.26. The van der Waals surface area contributed by atoms with Crippen LogP contribution in [0.15, 0.2) is 12.1 Å². The van der Waals surface area contributed by atoms with Gasteiger partial charge in [0.25, 0.3) is 5.91 Å². The monoisotopic (exact) mass is 236 g/mol. The minimum Gasteiger partial charge on any atom is -0.493 e. The van der Waals surface area contributed by atoms with Crippen LogP contribution in [-0.2, 0) is 11.3 Å². The Morgan fingerprint density at radius 2 is 2.35 bits per heavy atom. The fourth-order valence-corrected chi connectivity index (χ4v) is 1.86. The van der Waals surface area contributed by atoms with E-state index >= 15 is 0 Å². The van der Waals surface area contributed by atoms with E-state index in [0.717, 1.165) is 5.56 Å². The van der Waals surface area contributed by atoms with Gasteiger partial charge < -0.3 is 20.5 Å². The van der Waals surface area contributed by atoms with Gasteiger partial charge in [-0.1, -0.05) is 6.92 Å². The van der Waals surface area contributed by atoms with Gasteiger partial charge in [-0.25, -0.2) is 0 Å². The Balaban J connectivity index is 2.45. The highest BCUT2D eigenvalue weighted by molar-refractivity contribution is 5.82. The molecule has 0 aromatic heterocycles. The minimum absolute atomic E-state index is 0.107. The first-order valence-electron chi connectivity index (χ1n) is 5.56. The third-order valence-corrected chi connectivity index (χ3v) is 2.75. The predicted molar refractivity (Wildman–Crippen MR) is 64.0 cm³/mol. The molecule has 2 rings (SSSR count). The predicted octanol–water partition coefficient (Wildman–Crippen LogP) is 1.06. The molecule has 1 atom stereocenters. The van der Waals surface area contributed by atoms with Gasteiger partial charge in [0.1, 0.15) is 0 Å². The molecule has 0 aliphatic carbocycles. The van der Waals surface area contributed by atoms with Crippen LogP contribution in [0.25, 0.3) is 0 Å². The summed E-state index contributed by atoms with van der Waals surface area (Å²) < 4.78 is 10.9. The summed E-state index contributed by atoms with van der Waals surface area (Å²) in [6, 6.07) is 3.48. The van der Waals surface area contributed by atoms with Crippen LogP contribution in [-0.4, -0.2) is 19.1 Å². The summed E-state index contributed by atoms with van der Waals surface area (Å²) in [4.78, 5) is 11.7. The molecule has 1 unspecified atom stereocenters. The van der Waals surface area contributed by atoms with Crippen LogP contribution in [0.1, 0.15) is 18.9 Å². The van der Waals surface area contributed by atoms with E-state index < -0.39 is 6.10 Å². The lowest BCUT2D eigenvalue weighted by atomic mass is 10.1. The van der Waals surface area contributed by atoms with Crippen LogP contribution < -0.4 is 20.5 Å². The van der Waals surface area contributed by atoms with Crippen molar-refractivity contribution >= 4 is 11.6 Å². The molecule has 0 bridgehead atoms. The van der Waals surface area contributed by atoms with Gasteiger partial charge in [0.05, 0.1) is 7.11 Å². The highest BCUT2D eigenvalue weighted by atomic mass is 16.5. The Labute approximate surface area is 99.9 Å². The molecule has 5 heteroatoms. The van der Waals surface area contributed by atoms with Gasteiger partial charge in [0.2, 0.25) is 0 Å². The summed E-state index contributed by atoms with van der Waals surface area (Å²) in [6.07, 6.45) is 0.132. The summed E-state index contributed by atoms with van der Waals surface area (Å²) in [5.41, 5.74) is 7.19. The maximum absolute atomic E-state index is 11.7. The van der Waals surface area contributed by atoms with Gasteiger partial charge in [0, 0.05) is 23.9 Å².